The molecule has 1 aromatic carbocycles. The summed E-state index contributed by atoms with van der Waals surface area (Å²) in [5.74, 6) is 0.869. The van der Waals surface area contributed by atoms with Crippen LogP contribution in [0.25, 0.3) is 10.9 Å². The second-order valence-electron chi connectivity index (χ2n) is 8.89. The lowest BCUT2D eigenvalue weighted by molar-refractivity contribution is -0.140. The molecule has 8 heteroatoms. The minimum Gasteiger partial charge on any atom is -0.497 e. The molecule has 2 fully saturated rings. The second-order valence-corrected chi connectivity index (χ2v) is 8.89. The zero-order chi connectivity index (χ0) is 20.9. The number of carbonyl (C=O) groups excluding carboxylic acids is 1. The predicted octanol–water partition coefficient (Wildman–Crippen LogP) is 0.568. The molecule has 0 aliphatic carbocycles. The zero-order valence-electron chi connectivity index (χ0n) is 17.7. The summed E-state index contributed by atoms with van der Waals surface area (Å²) in [6, 6.07) is 5.72. The lowest BCUT2D eigenvalue weighted by atomic mass is 9.69. The predicted molar refractivity (Wildman–Crippen MR) is 113 cm³/mol. The van der Waals surface area contributed by atoms with Crippen LogP contribution in [-0.4, -0.2) is 104 Å². The van der Waals surface area contributed by atoms with Crippen LogP contribution in [0.15, 0.2) is 18.2 Å². The number of aromatic amines is 1. The Hall–Kier alpha value is -2.13. The number of aliphatic hydroxyl groups is 1. The van der Waals surface area contributed by atoms with Crippen LogP contribution < -0.4 is 4.74 Å². The molecule has 3 aliphatic rings. The van der Waals surface area contributed by atoms with Gasteiger partial charge in [0, 0.05) is 60.8 Å². The maximum atomic E-state index is 13.4. The first kappa shape index (κ1) is 19.8. The van der Waals surface area contributed by atoms with Crippen LogP contribution in [0.5, 0.6) is 5.75 Å². The normalized spacial score (nSPS) is 24.1. The molecule has 4 heterocycles. The number of H-pyrrole nitrogens is 1. The number of rotatable bonds is 4. The summed E-state index contributed by atoms with van der Waals surface area (Å²) in [6.45, 7) is 5.59. The van der Waals surface area contributed by atoms with Crippen LogP contribution >= 0.6 is 0 Å². The average molecular weight is 415 g/mol. The van der Waals surface area contributed by atoms with Gasteiger partial charge in [-0.1, -0.05) is 0 Å². The Bertz CT molecular complexity index is 946. The van der Waals surface area contributed by atoms with E-state index in [-0.39, 0.29) is 24.0 Å². The minimum atomic E-state index is -0.358. The molecule has 0 saturated carbocycles. The van der Waals surface area contributed by atoms with E-state index in [0.29, 0.717) is 26.3 Å². The summed E-state index contributed by atoms with van der Waals surface area (Å²) in [5.41, 5.74) is 3.11. The number of nitrogens with one attached hydrogen (secondary N) is 1. The number of hydrogen-bond acceptors (Lipinski definition) is 6. The average Bonchev–Trinajstić information content (AvgIpc) is 3.12. The van der Waals surface area contributed by atoms with Crippen molar-refractivity contribution in [3.05, 3.63) is 29.5 Å². The van der Waals surface area contributed by atoms with Gasteiger partial charge in [0.15, 0.2) is 0 Å². The first-order valence-electron chi connectivity index (χ1n) is 10.6. The van der Waals surface area contributed by atoms with E-state index in [2.05, 4.69) is 27.9 Å². The fraction of sp³-hybridized carbons (Fsp3) is 0.591. The molecular weight excluding hydrogens is 384 g/mol. The van der Waals surface area contributed by atoms with Gasteiger partial charge in [-0.05, 0) is 24.7 Å². The van der Waals surface area contributed by atoms with Crippen LogP contribution in [0.1, 0.15) is 17.3 Å². The highest BCUT2D eigenvalue weighted by atomic mass is 16.5. The van der Waals surface area contributed by atoms with Crippen LogP contribution in [0.3, 0.4) is 0 Å². The van der Waals surface area contributed by atoms with E-state index in [9.17, 15) is 9.90 Å². The highest BCUT2D eigenvalue weighted by Crippen LogP contribution is 2.48. The Morgan fingerprint density at radius 2 is 2.07 bits per heavy atom. The number of carbonyl (C=O) groups is 1. The summed E-state index contributed by atoms with van der Waals surface area (Å²) in [5, 5.41) is 11.5. The molecule has 1 atom stereocenters. The number of aromatic nitrogens is 1. The number of hydrogen-bond donors (Lipinski definition) is 2. The molecular formula is C22H30N4O4. The maximum Gasteiger partial charge on any atom is 0.237 e. The number of morpholine rings is 1. The van der Waals surface area contributed by atoms with Crippen LogP contribution in [0.4, 0.5) is 0 Å². The zero-order valence-corrected chi connectivity index (χ0v) is 17.7. The van der Waals surface area contributed by atoms with E-state index >= 15 is 0 Å². The van der Waals surface area contributed by atoms with Gasteiger partial charge in [-0.25, -0.2) is 0 Å². The van der Waals surface area contributed by atoms with Crippen molar-refractivity contribution in [2.75, 3.05) is 73.2 Å². The van der Waals surface area contributed by atoms with Crippen molar-refractivity contribution >= 4 is 16.8 Å². The molecule has 0 unspecified atom stereocenters. The SMILES string of the molecule is COc1ccc2c3c([nH]c2c1)[C@H](CO)N(C(=O)CN1CCOCC1)CC31CN(C)C1. The number of nitrogens with zero attached hydrogens (tertiary/aromatic N) is 3. The first-order chi connectivity index (χ1) is 14.5. The highest BCUT2D eigenvalue weighted by Gasteiger charge is 2.52. The first-order valence-corrected chi connectivity index (χ1v) is 10.6. The molecule has 2 N–H and O–H groups in total. The lowest BCUT2D eigenvalue weighted by Gasteiger charge is -2.55. The van der Waals surface area contributed by atoms with Gasteiger partial charge in [0.1, 0.15) is 5.75 Å². The van der Waals surface area contributed by atoms with Gasteiger partial charge in [-0.2, -0.15) is 0 Å². The Balaban J connectivity index is 1.54. The molecule has 8 nitrogen and oxygen atoms in total. The van der Waals surface area contributed by atoms with E-state index in [1.807, 2.05) is 17.0 Å². The number of amides is 1. The van der Waals surface area contributed by atoms with Gasteiger partial charge in [-0.3, -0.25) is 9.69 Å². The van der Waals surface area contributed by atoms with Gasteiger partial charge < -0.3 is 29.4 Å². The van der Waals surface area contributed by atoms with Crippen molar-refractivity contribution in [3.63, 3.8) is 0 Å². The molecule has 1 aromatic heterocycles. The summed E-state index contributed by atoms with van der Waals surface area (Å²) < 4.78 is 10.8. The number of ether oxygens (including phenoxy) is 2. The summed E-state index contributed by atoms with van der Waals surface area (Å²) in [6.07, 6.45) is 0. The fourth-order valence-corrected chi connectivity index (χ4v) is 5.56. The molecule has 0 bridgehead atoms. The maximum absolute atomic E-state index is 13.4. The standard InChI is InChI=1S/C22H30N4O4/c1-24-12-22(13-24)14-26(19(28)10-25-5-7-30-8-6-25)18(11-27)21-20(22)16-4-3-15(29-2)9-17(16)23-21/h3-4,9,18,23,27H,5-8,10-14H2,1-2H3/t18-/m0/s1. The molecule has 3 aliphatic heterocycles. The van der Waals surface area contributed by atoms with Crippen molar-refractivity contribution in [1.82, 2.24) is 19.7 Å². The minimum absolute atomic E-state index is 0.0757. The topological polar surface area (TPSA) is 81.3 Å². The van der Waals surface area contributed by atoms with E-state index in [4.69, 9.17) is 9.47 Å². The fourth-order valence-electron chi connectivity index (χ4n) is 5.56. The van der Waals surface area contributed by atoms with E-state index in [1.165, 1.54) is 5.56 Å². The third-order valence-electron chi connectivity index (χ3n) is 6.85. The molecule has 1 amide bonds. The van der Waals surface area contributed by atoms with Crippen LogP contribution in [-0.2, 0) is 14.9 Å². The number of methoxy groups -OCH3 is 1. The molecule has 30 heavy (non-hydrogen) atoms. The Morgan fingerprint density at radius 3 is 2.73 bits per heavy atom. The van der Waals surface area contributed by atoms with E-state index < -0.39 is 0 Å². The number of aliphatic hydroxyl groups excluding tert-OH is 1. The van der Waals surface area contributed by atoms with Gasteiger partial charge in [0.2, 0.25) is 5.91 Å². The quantitative estimate of drug-likeness (QED) is 0.761. The lowest BCUT2D eigenvalue weighted by Crippen LogP contribution is -2.66. The summed E-state index contributed by atoms with van der Waals surface area (Å²) in [4.78, 5) is 23.2. The number of likely N-dealkylation sites (N-methyl/N-ethyl adjacent to an activating group) is 1. The van der Waals surface area contributed by atoms with E-state index in [0.717, 1.165) is 48.5 Å². The highest BCUT2D eigenvalue weighted by molar-refractivity contribution is 5.89. The number of fused-ring (bicyclic) bond motifs is 4. The molecule has 1 spiro atoms. The largest absolute Gasteiger partial charge is 0.497 e. The van der Waals surface area contributed by atoms with Crippen molar-refractivity contribution in [2.45, 2.75) is 11.5 Å². The van der Waals surface area contributed by atoms with Crippen LogP contribution in [0.2, 0.25) is 0 Å². The van der Waals surface area contributed by atoms with Gasteiger partial charge in [0.25, 0.3) is 0 Å². The Labute approximate surface area is 176 Å². The number of benzene rings is 1. The monoisotopic (exact) mass is 414 g/mol. The molecule has 2 saturated heterocycles. The van der Waals surface area contributed by atoms with Crippen molar-refractivity contribution in [3.8, 4) is 5.75 Å². The summed E-state index contributed by atoms with van der Waals surface area (Å²) in [7, 11) is 3.77. The van der Waals surface area contributed by atoms with Crippen LogP contribution in [0, 0.1) is 0 Å². The third-order valence-corrected chi connectivity index (χ3v) is 6.85. The van der Waals surface area contributed by atoms with E-state index in [1.54, 1.807) is 7.11 Å². The van der Waals surface area contributed by atoms with Gasteiger partial charge in [0.05, 0.1) is 39.5 Å². The van der Waals surface area contributed by atoms with Crippen molar-refractivity contribution in [1.29, 1.82) is 0 Å². The molecule has 162 valence electrons. The summed E-state index contributed by atoms with van der Waals surface area (Å²) >= 11 is 0. The van der Waals surface area contributed by atoms with Crippen molar-refractivity contribution in [2.24, 2.45) is 0 Å². The van der Waals surface area contributed by atoms with Crippen molar-refractivity contribution < 1.29 is 19.4 Å². The molecule has 0 radical (unpaired) electrons. The molecule has 5 rings (SSSR count). The smallest absolute Gasteiger partial charge is 0.237 e. The second kappa shape index (κ2) is 7.53. The van der Waals surface area contributed by atoms with Gasteiger partial charge in [-0.15, -0.1) is 0 Å². The molecule has 2 aromatic rings. The Morgan fingerprint density at radius 1 is 1.30 bits per heavy atom. The Kier molecular flexibility index (Phi) is 4.97. The van der Waals surface area contributed by atoms with Gasteiger partial charge >= 0.3 is 0 Å². The third kappa shape index (κ3) is 3.10. The number of likely N-dealkylation sites (tertiary alicyclic amines) is 1.